The predicted octanol–water partition coefficient (Wildman–Crippen LogP) is 2.00. The summed E-state index contributed by atoms with van der Waals surface area (Å²) in [6.45, 7) is 0.344. The van der Waals surface area contributed by atoms with Gasteiger partial charge >= 0.3 is 12.0 Å². The van der Waals surface area contributed by atoms with Crippen LogP contribution in [0.5, 0.6) is 5.75 Å². The van der Waals surface area contributed by atoms with Gasteiger partial charge in [0, 0.05) is 18.3 Å². The summed E-state index contributed by atoms with van der Waals surface area (Å²) in [5.74, 6) is -1.63. The third-order valence-electron chi connectivity index (χ3n) is 3.19. The van der Waals surface area contributed by atoms with Gasteiger partial charge in [0.25, 0.3) is 0 Å². The normalized spacial score (nSPS) is 13.3. The van der Waals surface area contributed by atoms with Crippen molar-refractivity contribution < 1.29 is 19.8 Å². The molecule has 1 aromatic rings. The molecule has 0 aromatic heterocycles. The van der Waals surface area contributed by atoms with Gasteiger partial charge in [0.05, 0.1) is 12.5 Å². The Kier molecular flexibility index (Phi) is 4.28. The van der Waals surface area contributed by atoms with Crippen LogP contribution in [0.3, 0.4) is 0 Å². The van der Waals surface area contributed by atoms with E-state index in [0.29, 0.717) is 6.54 Å². The van der Waals surface area contributed by atoms with Crippen LogP contribution < -0.4 is 5.32 Å². The highest BCUT2D eigenvalue weighted by Gasteiger charge is 2.32. The lowest BCUT2D eigenvalue weighted by Gasteiger charge is -2.21. The average molecular weight is 289 g/mol. The molecule has 21 heavy (non-hydrogen) atoms. The third kappa shape index (κ3) is 3.63. The molecule has 0 saturated heterocycles. The molecule has 7 nitrogen and oxygen atoms in total. The molecule has 7 heteroatoms. The van der Waals surface area contributed by atoms with E-state index in [-0.39, 0.29) is 35.5 Å². The van der Waals surface area contributed by atoms with Crippen LogP contribution in [0.1, 0.15) is 29.6 Å². The number of rotatable bonds is 5. The van der Waals surface area contributed by atoms with Crippen molar-refractivity contribution in [3.05, 3.63) is 23.8 Å². The number of anilines is 1. The van der Waals surface area contributed by atoms with Crippen molar-refractivity contribution in [1.82, 2.24) is 4.90 Å². The fourth-order valence-corrected chi connectivity index (χ4v) is 1.99. The highest BCUT2D eigenvalue weighted by Crippen LogP contribution is 2.28. The zero-order chi connectivity index (χ0) is 15.4. The van der Waals surface area contributed by atoms with E-state index in [2.05, 4.69) is 5.32 Å². The maximum Gasteiger partial charge on any atom is 0.339 e. The van der Waals surface area contributed by atoms with Crippen LogP contribution in [0, 0.1) is 11.3 Å². The molecule has 0 heterocycles. The third-order valence-corrected chi connectivity index (χ3v) is 3.19. The SMILES string of the molecule is N#CCCN(C(=O)Nc1ccc(O)c(C(=O)O)c1)C1CC1. The molecular formula is C14H15N3O4. The summed E-state index contributed by atoms with van der Waals surface area (Å²) in [5, 5.41) is 29.6. The number of carboxylic acid groups (broad SMARTS) is 1. The Labute approximate surface area is 121 Å². The Morgan fingerprint density at radius 3 is 2.71 bits per heavy atom. The van der Waals surface area contributed by atoms with Gasteiger partial charge in [-0.2, -0.15) is 5.26 Å². The molecule has 1 aliphatic carbocycles. The number of nitrogens with zero attached hydrogens (tertiary/aromatic N) is 2. The minimum absolute atomic E-state index is 0.148. The molecular weight excluding hydrogens is 274 g/mol. The second-order valence-corrected chi connectivity index (χ2v) is 4.80. The van der Waals surface area contributed by atoms with Gasteiger partial charge in [-0.3, -0.25) is 0 Å². The van der Waals surface area contributed by atoms with Gasteiger partial charge in [0.15, 0.2) is 0 Å². The van der Waals surface area contributed by atoms with E-state index < -0.39 is 5.97 Å². The molecule has 1 saturated carbocycles. The standard InChI is InChI=1S/C14H15N3O4/c15-6-1-7-17(10-3-4-10)14(21)16-9-2-5-12(18)11(8-9)13(19)20/h2,5,8,10,18H,1,3-4,7H2,(H,16,21)(H,19,20). The second-order valence-electron chi connectivity index (χ2n) is 4.80. The second kappa shape index (κ2) is 6.13. The summed E-state index contributed by atoms with van der Waals surface area (Å²) < 4.78 is 0. The first-order valence-corrected chi connectivity index (χ1v) is 6.54. The van der Waals surface area contributed by atoms with Gasteiger partial charge in [0.1, 0.15) is 11.3 Å². The van der Waals surface area contributed by atoms with Crippen molar-refractivity contribution in [2.45, 2.75) is 25.3 Å². The van der Waals surface area contributed by atoms with Crippen molar-refractivity contribution in [3.8, 4) is 11.8 Å². The number of carboxylic acids is 1. The van der Waals surface area contributed by atoms with Gasteiger partial charge < -0.3 is 20.4 Å². The minimum atomic E-state index is -1.27. The van der Waals surface area contributed by atoms with Crippen LogP contribution in [0.15, 0.2) is 18.2 Å². The lowest BCUT2D eigenvalue weighted by atomic mass is 10.2. The van der Waals surface area contributed by atoms with Crippen molar-refractivity contribution >= 4 is 17.7 Å². The maximum atomic E-state index is 12.2. The van der Waals surface area contributed by atoms with Gasteiger partial charge in [0.2, 0.25) is 0 Å². The molecule has 0 unspecified atom stereocenters. The lowest BCUT2D eigenvalue weighted by molar-refractivity contribution is 0.0693. The topological polar surface area (TPSA) is 114 Å². The van der Waals surface area contributed by atoms with Crippen LogP contribution >= 0.6 is 0 Å². The highest BCUT2D eigenvalue weighted by atomic mass is 16.4. The number of phenols is 1. The molecule has 1 aliphatic rings. The van der Waals surface area contributed by atoms with Crippen LogP contribution in [0.25, 0.3) is 0 Å². The summed E-state index contributed by atoms with van der Waals surface area (Å²) in [6.07, 6.45) is 2.07. The molecule has 1 aromatic carbocycles. The maximum absolute atomic E-state index is 12.2. The number of amides is 2. The first-order valence-electron chi connectivity index (χ1n) is 6.54. The minimum Gasteiger partial charge on any atom is -0.507 e. The highest BCUT2D eigenvalue weighted by molar-refractivity contribution is 5.95. The van der Waals surface area contributed by atoms with Crippen molar-refractivity contribution in [2.75, 3.05) is 11.9 Å². The smallest absolute Gasteiger partial charge is 0.339 e. The van der Waals surface area contributed by atoms with Crippen LogP contribution in [0.4, 0.5) is 10.5 Å². The summed E-state index contributed by atoms with van der Waals surface area (Å²) >= 11 is 0. The van der Waals surface area contributed by atoms with Crippen molar-refractivity contribution in [2.24, 2.45) is 0 Å². The zero-order valence-corrected chi connectivity index (χ0v) is 11.2. The number of hydrogen-bond acceptors (Lipinski definition) is 4. The molecule has 3 N–H and O–H groups in total. The van der Waals surface area contributed by atoms with Crippen molar-refractivity contribution in [1.29, 1.82) is 5.26 Å². The van der Waals surface area contributed by atoms with Gasteiger partial charge in [-0.15, -0.1) is 0 Å². The summed E-state index contributed by atoms with van der Waals surface area (Å²) in [6, 6.07) is 5.62. The van der Waals surface area contributed by atoms with E-state index in [1.165, 1.54) is 18.2 Å². The number of carbonyl (C=O) groups is 2. The molecule has 0 radical (unpaired) electrons. The van der Waals surface area contributed by atoms with E-state index >= 15 is 0 Å². The molecule has 2 amide bonds. The molecule has 0 atom stereocenters. The largest absolute Gasteiger partial charge is 0.507 e. The molecule has 0 bridgehead atoms. The number of carbonyl (C=O) groups excluding carboxylic acids is 1. The summed E-state index contributed by atoms with van der Waals surface area (Å²) in [4.78, 5) is 24.7. The van der Waals surface area contributed by atoms with E-state index in [9.17, 15) is 14.7 Å². The first-order chi connectivity index (χ1) is 10.0. The van der Waals surface area contributed by atoms with Crippen molar-refractivity contribution in [3.63, 3.8) is 0 Å². The molecule has 1 fully saturated rings. The fourth-order valence-electron chi connectivity index (χ4n) is 1.99. The Bertz CT molecular complexity index is 605. The van der Waals surface area contributed by atoms with E-state index in [1.807, 2.05) is 6.07 Å². The molecule has 2 rings (SSSR count). The number of benzene rings is 1. The summed E-state index contributed by atoms with van der Waals surface area (Å²) in [5.41, 5.74) is 0.0144. The van der Waals surface area contributed by atoms with Crippen LogP contribution in [-0.2, 0) is 0 Å². The van der Waals surface area contributed by atoms with E-state index in [1.54, 1.807) is 4.90 Å². The number of hydrogen-bond donors (Lipinski definition) is 3. The Morgan fingerprint density at radius 1 is 1.43 bits per heavy atom. The molecule has 0 aliphatic heterocycles. The lowest BCUT2D eigenvalue weighted by Crippen LogP contribution is -2.37. The number of aromatic carboxylic acids is 1. The number of nitrogens with one attached hydrogen (secondary N) is 1. The predicted molar refractivity (Wildman–Crippen MR) is 74.0 cm³/mol. The number of nitriles is 1. The number of aromatic hydroxyl groups is 1. The van der Waals surface area contributed by atoms with E-state index in [4.69, 9.17) is 10.4 Å². The van der Waals surface area contributed by atoms with Gasteiger partial charge in [-0.1, -0.05) is 0 Å². The zero-order valence-electron chi connectivity index (χ0n) is 11.2. The quantitative estimate of drug-likeness (QED) is 0.717. The molecule has 0 spiro atoms. The average Bonchev–Trinajstić information content (AvgIpc) is 3.25. The van der Waals surface area contributed by atoms with Gasteiger partial charge in [-0.05, 0) is 31.0 Å². The van der Waals surface area contributed by atoms with Crippen LogP contribution in [0.2, 0.25) is 0 Å². The molecule has 110 valence electrons. The van der Waals surface area contributed by atoms with Gasteiger partial charge in [-0.25, -0.2) is 9.59 Å². The van der Waals surface area contributed by atoms with E-state index in [0.717, 1.165) is 12.8 Å². The Morgan fingerprint density at radius 2 is 2.14 bits per heavy atom. The Hall–Kier alpha value is -2.75. The monoisotopic (exact) mass is 289 g/mol. The first kappa shape index (κ1) is 14.7. The summed E-state index contributed by atoms with van der Waals surface area (Å²) in [7, 11) is 0. The fraction of sp³-hybridized carbons (Fsp3) is 0.357. The number of urea groups is 1. The van der Waals surface area contributed by atoms with Crippen LogP contribution in [-0.4, -0.2) is 39.7 Å². The Balaban J connectivity index is 2.09.